The molecule has 11 atom stereocenters. The Kier molecular flexibility index (Phi) is 2.02. The van der Waals surface area contributed by atoms with Gasteiger partial charge in [0.05, 0.1) is 0 Å². The third kappa shape index (κ3) is 1.09. The van der Waals surface area contributed by atoms with Gasteiger partial charge in [-0.1, -0.05) is 46.3 Å². The molecule has 0 spiro atoms. The van der Waals surface area contributed by atoms with Gasteiger partial charge in [0.25, 0.3) is 0 Å². The summed E-state index contributed by atoms with van der Waals surface area (Å²) in [5.41, 5.74) is 1.99. The minimum atomic E-state index is 0.574. The van der Waals surface area contributed by atoms with Crippen LogP contribution in [0.25, 0.3) is 0 Å². The van der Waals surface area contributed by atoms with Crippen LogP contribution in [0.5, 0.6) is 0 Å². The molecule has 0 aromatic carbocycles. The summed E-state index contributed by atoms with van der Waals surface area (Å²) in [5, 5.41) is 0. The van der Waals surface area contributed by atoms with Crippen LogP contribution in [0.3, 0.4) is 0 Å². The van der Waals surface area contributed by atoms with Crippen molar-refractivity contribution < 1.29 is 0 Å². The second kappa shape index (κ2) is 3.40. The van der Waals surface area contributed by atoms with E-state index in [4.69, 9.17) is 0 Å². The van der Waals surface area contributed by atoms with Crippen molar-refractivity contribution in [3.05, 3.63) is 12.2 Å². The maximum Gasteiger partial charge on any atom is -0.0107 e. The van der Waals surface area contributed by atoms with Crippen LogP contribution in [0.1, 0.15) is 59.8 Å². The zero-order chi connectivity index (χ0) is 15.1. The SMILES string of the molecule is CCC1CC2(C)CC1C1C2C2CC1(C)C1C3C=CC(C)(C3)C21. The summed E-state index contributed by atoms with van der Waals surface area (Å²) < 4.78 is 0. The fourth-order valence-corrected chi connectivity index (χ4v) is 10.4. The van der Waals surface area contributed by atoms with Gasteiger partial charge in [-0.25, -0.2) is 0 Å². The molecule has 0 N–H and O–H groups in total. The van der Waals surface area contributed by atoms with E-state index in [1.54, 1.807) is 19.3 Å². The topological polar surface area (TPSA) is 0 Å². The van der Waals surface area contributed by atoms with Crippen LogP contribution in [-0.4, -0.2) is 0 Å². The van der Waals surface area contributed by atoms with Crippen LogP contribution < -0.4 is 0 Å². The predicted octanol–water partition coefficient (Wildman–Crippen LogP) is 5.54. The van der Waals surface area contributed by atoms with Crippen LogP contribution in [0.4, 0.5) is 0 Å². The summed E-state index contributed by atoms with van der Waals surface area (Å²) in [4.78, 5) is 0. The van der Waals surface area contributed by atoms with Gasteiger partial charge >= 0.3 is 0 Å². The summed E-state index contributed by atoms with van der Waals surface area (Å²) >= 11 is 0. The Balaban J connectivity index is 1.50. The first-order valence-corrected chi connectivity index (χ1v) is 10.1. The highest BCUT2D eigenvalue weighted by Gasteiger charge is 2.78. The molecule has 5 saturated carbocycles. The van der Waals surface area contributed by atoms with Crippen molar-refractivity contribution in [1.29, 1.82) is 0 Å². The zero-order valence-electron chi connectivity index (χ0n) is 14.8. The van der Waals surface area contributed by atoms with Gasteiger partial charge in [-0.2, -0.15) is 0 Å². The summed E-state index contributed by atoms with van der Waals surface area (Å²) in [6, 6.07) is 0. The minimum absolute atomic E-state index is 0.574. The first-order valence-electron chi connectivity index (χ1n) is 10.1. The van der Waals surface area contributed by atoms with Gasteiger partial charge in [0.15, 0.2) is 0 Å². The van der Waals surface area contributed by atoms with Crippen molar-refractivity contribution in [3.8, 4) is 0 Å². The molecule has 0 aromatic rings. The van der Waals surface area contributed by atoms with E-state index in [9.17, 15) is 0 Å². The fraction of sp³-hybridized carbons (Fsp3) is 0.909. The van der Waals surface area contributed by atoms with Crippen molar-refractivity contribution in [1.82, 2.24) is 0 Å². The van der Waals surface area contributed by atoms with Crippen LogP contribution in [-0.2, 0) is 0 Å². The second-order valence-corrected chi connectivity index (χ2v) is 11.1. The summed E-state index contributed by atoms with van der Waals surface area (Å²) in [7, 11) is 0. The molecule has 5 fully saturated rings. The average Bonchev–Trinajstić information content (AvgIpc) is 3.21. The molecule has 0 aliphatic heterocycles. The van der Waals surface area contributed by atoms with Crippen LogP contribution in [0, 0.1) is 63.6 Å². The Bertz CT molecular complexity index is 589. The van der Waals surface area contributed by atoms with E-state index in [2.05, 4.69) is 39.8 Å². The van der Waals surface area contributed by atoms with E-state index in [0.717, 1.165) is 47.3 Å². The third-order valence-electron chi connectivity index (χ3n) is 10.3. The monoisotopic (exact) mass is 296 g/mol. The maximum atomic E-state index is 2.75. The number of rotatable bonds is 1. The van der Waals surface area contributed by atoms with Gasteiger partial charge in [-0.05, 0) is 89.3 Å². The van der Waals surface area contributed by atoms with Gasteiger partial charge in [0.1, 0.15) is 0 Å². The highest BCUT2D eigenvalue weighted by atomic mass is 14.8. The predicted molar refractivity (Wildman–Crippen MR) is 90.1 cm³/mol. The molecule has 0 saturated heterocycles. The number of fused-ring (bicyclic) bond motifs is 16. The molecule has 0 heterocycles. The molecule has 0 heteroatoms. The molecule has 6 bridgehead atoms. The van der Waals surface area contributed by atoms with Crippen molar-refractivity contribution in [2.24, 2.45) is 63.6 Å². The van der Waals surface area contributed by atoms with Crippen LogP contribution >= 0.6 is 0 Å². The lowest BCUT2D eigenvalue weighted by atomic mass is 9.51. The van der Waals surface area contributed by atoms with Gasteiger partial charge in [-0.3, -0.25) is 0 Å². The summed E-state index contributed by atoms with van der Waals surface area (Å²) in [6.45, 7) is 10.5. The highest BCUT2D eigenvalue weighted by molar-refractivity contribution is 5.32. The first kappa shape index (κ1) is 13.1. The van der Waals surface area contributed by atoms with E-state index in [1.165, 1.54) is 12.8 Å². The van der Waals surface area contributed by atoms with Gasteiger partial charge in [0, 0.05) is 0 Å². The molecule has 0 amide bonds. The van der Waals surface area contributed by atoms with Crippen LogP contribution in [0.2, 0.25) is 0 Å². The van der Waals surface area contributed by atoms with Crippen LogP contribution in [0.15, 0.2) is 12.2 Å². The van der Waals surface area contributed by atoms with Crippen molar-refractivity contribution in [2.45, 2.75) is 59.8 Å². The van der Waals surface area contributed by atoms with E-state index in [-0.39, 0.29) is 0 Å². The molecule has 6 rings (SSSR count). The quantitative estimate of drug-likeness (QED) is 0.440. The molecule has 6 aliphatic carbocycles. The Morgan fingerprint density at radius 2 is 1.68 bits per heavy atom. The summed E-state index contributed by atoms with van der Waals surface area (Å²) in [5.74, 6) is 8.46. The molecule has 0 radical (unpaired) electrons. The third-order valence-corrected chi connectivity index (χ3v) is 10.3. The number of hydrogen-bond donors (Lipinski definition) is 0. The Morgan fingerprint density at radius 3 is 2.45 bits per heavy atom. The van der Waals surface area contributed by atoms with Crippen molar-refractivity contribution in [3.63, 3.8) is 0 Å². The number of hydrogen-bond acceptors (Lipinski definition) is 0. The van der Waals surface area contributed by atoms with Gasteiger partial charge in [0.2, 0.25) is 0 Å². The molecular weight excluding hydrogens is 264 g/mol. The number of allylic oxidation sites excluding steroid dienone is 2. The van der Waals surface area contributed by atoms with Gasteiger partial charge in [-0.15, -0.1) is 0 Å². The maximum absolute atomic E-state index is 2.75. The first-order chi connectivity index (χ1) is 10.4. The largest absolute Gasteiger partial charge is 0.0845 e. The highest BCUT2D eigenvalue weighted by Crippen LogP contribution is 2.84. The minimum Gasteiger partial charge on any atom is -0.0845 e. The second-order valence-electron chi connectivity index (χ2n) is 11.1. The molecule has 0 aromatic heterocycles. The molecular formula is C22H32. The Morgan fingerprint density at radius 1 is 0.864 bits per heavy atom. The molecule has 0 nitrogen and oxygen atoms in total. The smallest absolute Gasteiger partial charge is 0.0107 e. The molecule has 22 heavy (non-hydrogen) atoms. The fourth-order valence-electron chi connectivity index (χ4n) is 10.4. The Hall–Kier alpha value is -0.260. The average molecular weight is 296 g/mol. The standard InChI is InChI=1S/C22H32/c1-5-12-8-21(3)10-14(12)19-18(21)15-11-22(19,4)16-13-6-7-20(2,9-13)17(15)16/h6-7,12-19H,5,8-11H2,1-4H3. The lowest BCUT2D eigenvalue weighted by molar-refractivity contribution is -0.0525. The molecule has 6 aliphatic rings. The molecule has 120 valence electrons. The lowest BCUT2D eigenvalue weighted by Gasteiger charge is -2.54. The lowest BCUT2D eigenvalue weighted by Crippen LogP contribution is -2.49. The Labute approximate surface area is 136 Å². The van der Waals surface area contributed by atoms with Crippen molar-refractivity contribution >= 4 is 0 Å². The normalized spacial score (nSPS) is 72.4. The van der Waals surface area contributed by atoms with E-state index < -0.39 is 0 Å². The zero-order valence-corrected chi connectivity index (χ0v) is 14.8. The molecule has 11 unspecified atom stereocenters. The van der Waals surface area contributed by atoms with Crippen molar-refractivity contribution in [2.75, 3.05) is 0 Å². The van der Waals surface area contributed by atoms with E-state index in [1.807, 2.05) is 0 Å². The summed E-state index contributed by atoms with van der Waals surface area (Å²) in [6.07, 6.45) is 13.0. The van der Waals surface area contributed by atoms with E-state index in [0.29, 0.717) is 16.2 Å². The van der Waals surface area contributed by atoms with Gasteiger partial charge < -0.3 is 0 Å². The van der Waals surface area contributed by atoms with E-state index >= 15 is 0 Å².